The molecular weight excluding hydrogens is 485 g/mol. The molecule has 0 aromatic heterocycles. The van der Waals surface area contributed by atoms with Crippen molar-refractivity contribution in [3.63, 3.8) is 0 Å². The minimum absolute atomic E-state index is 0.224. The van der Waals surface area contributed by atoms with Crippen molar-refractivity contribution in [3.8, 4) is 0 Å². The lowest BCUT2D eigenvalue weighted by Gasteiger charge is -2.26. The molecule has 0 amide bonds. The van der Waals surface area contributed by atoms with Crippen LogP contribution in [-0.4, -0.2) is 60.1 Å². The van der Waals surface area contributed by atoms with Crippen LogP contribution in [-0.2, 0) is 9.36 Å². The van der Waals surface area contributed by atoms with Gasteiger partial charge >= 0.3 is 8.03 Å². The first kappa shape index (κ1) is 38.5. The van der Waals surface area contributed by atoms with E-state index in [0.717, 1.165) is 12.8 Å². The van der Waals surface area contributed by atoms with Crippen LogP contribution in [0.2, 0.25) is 0 Å². The Bertz CT molecular complexity index is 563. The van der Waals surface area contributed by atoms with Gasteiger partial charge in [-0.25, -0.2) is 0 Å². The van der Waals surface area contributed by atoms with E-state index < -0.39 is 20.7 Å². The van der Waals surface area contributed by atoms with E-state index >= 15 is 0 Å². The molecule has 0 aliphatic carbocycles. The number of Topliss-reactive ketones (excluding diaryl/α,β-unsaturated/α-hetero) is 1. The predicted octanol–water partition coefficient (Wildman–Crippen LogP) is 7.04. The van der Waals surface area contributed by atoms with Gasteiger partial charge in [0.05, 0.1) is 27.7 Å². The highest BCUT2D eigenvalue weighted by Crippen LogP contribution is 2.26. The van der Waals surface area contributed by atoms with Gasteiger partial charge in [-0.1, -0.05) is 108 Å². The largest absolute Gasteiger partial charge is 0.591 e. The third-order valence-electron chi connectivity index (χ3n) is 6.73. The molecule has 7 heteroatoms. The molecule has 0 fully saturated rings. The number of unbranched alkanes of at least 4 members (excludes halogenated alkanes) is 15. The van der Waals surface area contributed by atoms with Crippen LogP contribution in [0.1, 0.15) is 136 Å². The summed E-state index contributed by atoms with van der Waals surface area (Å²) in [5, 5.41) is 17.9. The van der Waals surface area contributed by atoms with Gasteiger partial charge in [-0.3, -0.25) is 9.28 Å². The summed E-state index contributed by atoms with van der Waals surface area (Å²) in [6.07, 6.45) is 26.4. The number of allylic oxidation sites excluding steroid dienone is 2. The fourth-order valence-electron chi connectivity index (χ4n) is 4.33. The molecule has 0 aromatic rings. The Balaban J connectivity index is 0. The summed E-state index contributed by atoms with van der Waals surface area (Å²) in [5.41, 5.74) is 0. The zero-order valence-corrected chi connectivity index (χ0v) is 25.9. The second kappa shape index (κ2) is 26.9. The van der Waals surface area contributed by atoms with Gasteiger partial charge in [0.15, 0.2) is 5.78 Å². The standard InChI is InChI=1S/C24H46O3.C6H15NO2P/c1-2-3-4-5-6-7-8-9-10-11-12-13-14-15-16-17-18-19-20-21-23(26)24(27)22-25;1-5-6(10(8)9)7(2,3)4/h9-10,24-25,27H,2-8,11-22H2,1H3;6H,5H2,1-4H3/q;+1/b10-9-;. The monoisotopic (exact) mass is 546 g/mol. The first-order valence-corrected chi connectivity index (χ1v) is 16.3. The lowest BCUT2D eigenvalue weighted by atomic mass is 10.0. The zero-order valence-electron chi connectivity index (χ0n) is 25.0. The van der Waals surface area contributed by atoms with Gasteiger partial charge in [0, 0.05) is 12.8 Å². The highest BCUT2D eigenvalue weighted by molar-refractivity contribution is 7.37. The Kier molecular flexibility index (Phi) is 28.0. The van der Waals surface area contributed by atoms with Gasteiger partial charge in [-0.2, -0.15) is 0 Å². The smallest absolute Gasteiger partial charge is 0.373 e. The fraction of sp³-hybridized carbons (Fsp3) is 0.900. The Hall–Kier alpha value is -0.650. The first-order valence-electron chi connectivity index (χ1n) is 15.0. The molecule has 0 aliphatic heterocycles. The highest BCUT2D eigenvalue weighted by atomic mass is 31.1. The van der Waals surface area contributed by atoms with E-state index in [-0.39, 0.29) is 11.6 Å². The van der Waals surface area contributed by atoms with Gasteiger partial charge in [-0.05, 0) is 32.1 Å². The number of nitrogens with zero attached hydrogens (tertiary/aromatic N) is 1. The molecule has 0 rings (SSSR count). The Morgan fingerprint density at radius 2 is 1.19 bits per heavy atom. The van der Waals surface area contributed by atoms with Crippen LogP contribution in [0, 0.1) is 0 Å². The molecule has 3 unspecified atom stereocenters. The second-order valence-corrected chi connectivity index (χ2v) is 12.4. The summed E-state index contributed by atoms with van der Waals surface area (Å²) in [4.78, 5) is 21.9. The minimum Gasteiger partial charge on any atom is -0.591 e. The summed E-state index contributed by atoms with van der Waals surface area (Å²) in [6, 6.07) is 0. The van der Waals surface area contributed by atoms with E-state index in [4.69, 9.17) is 5.11 Å². The quantitative estimate of drug-likeness (QED) is 0.0586. The second-order valence-electron chi connectivity index (χ2n) is 11.2. The molecule has 0 heterocycles. The van der Waals surface area contributed by atoms with Crippen LogP contribution >= 0.6 is 8.03 Å². The number of hydrogen-bond acceptors (Lipinski definition) is 5. The van der Waals surface area contributed by atoms with Crippen molar-refractivity contribution in [2.24, 2.45) is 0 Å². The average molecular weight is 547 g/mol. The normalized spacial score (nSPS) is 13.8. The molecular formula is C30H61NO5P+. The maximum atomic E-state index is 11.3. The van der Waals surface area contributed by atoms with Crippen LogP contribution in [0.4, 0.5) is 0 Å². The van der Waals surface area contributed by atoms with E-state index in [1.54, 1.807) is 0 Å². The summed E-state index contributed by atoms with van der Waals surface area (Å²) < 4.78 is 11.1. The number of hydrogen-bond donors (Lipinski definition) is 2. The molecule has 3 atom stereocenters. The molecule has 0 saturated heterocycles. The lowest BCUT2D eigenvalue weighted by molar-refractivity contribution is -0.883. The van der Waals surface area contributed by atoms with Crippen molar-refractivity contribution in [1.82, 2.24) is 0 Å². The van der Waals surface area contributed by atoms with E-state index in [1.807, 2.05) is 28.1 Å². The third kappa shape index (κ3) is 26.7. The van der Waals surface area contributed by atoms with Crippen LogP contribution in [0.25, 0.3) is 0 Å². The summed E-state index contributed by atoms with van der Waals surface area (Å²) in [6.45, 7) is 3.71. The number of rotatable bonds is 24. The molecule has 2 N–H and O–H groups in total. The molecule has 6 nitrogen and oxygen atoms in total. The van der Waals surface area contributed by atoms with Crippen LogP contribution in [0.15, 0.2) is 12.2 Å². The van der Waals surface area contributed by atoms with Crippen molar-refractivity contribution in [1.29, 1.82) is 0 Å². The molecule has 0 saturated carbocycles. The maximum Gasteiger partial charge on any atom is 0.373 e. The van der Waals surface area contributed by atoms with Crippen LogP contribution in [0.5, 0.6) is 0 Å². The Morgan fingerprint density at radius 3 is 1.51 bits per heavy atom. The van der Waals surface area contributed by atoms with E-state index in [1.165, 1.54) is 96.3 Å². The SMILES string of the molecule is CCC([P+](=O)[O-])[N+](C)(C)C.CCCCCCCC/C=C\CCCCCCCCCCCC(=O)C(O)CO. The molecule has 37 heavy (non-hydrogen) atoms. The van der Waals surface area contributed by atoms with Gasteiger partial charge in [0.25, 0.3) is 5.78 Å². The van der Waals surface area contributed by atoms with Crippen molar-refractivity contribution in [2.45, 2.75) is 148 Å². The Labute approximate surface area is 230 Å². The van der Waals surface area contributed by atoms with Crippen molar-refractivity contribution in [3.05, 3.63) is 12.2 Å². The molecule has 0 aromatic carbocycles. The zero-order chi connectivity index (χ0) is 28.4. The Morgan fingerprint density at radius 1 is 0.784 bits per heavy atom. The number of ketones is 1. The number of carbonyl (C=O) groups is 1. The summed E-state index contributed by atoms with van der Waals surface area (Å²) in [5.74, 6) is -0.464. The molecule has 0 bridgehead atoms. The summed E-state index contributed by atoms with van der Waals surface area (Å²) in [7, 11) is 3.38. The van der Waals surface area contributed by atoms with Crippen molar-refractivity contribution in [2.75, 3.05) is 27.7 Å². The molecule has 220 valence electrons. The van der Waals surface area contributed by atoms with E-state index in [9.17, 15) is 19.4 Å². The molecule has 0 radical (unpaired) electrons. The van der Waals surface area contributed by atoms with E-state index in [0.29, 0.717) is 17.3 Å². The van der Waals surface area contributed by atoms with Crippen molar-refractivity contribution < 1.29 is 28.9 Å². The topological polar surface area (TPSA) is 97.7 Å². The van der Waals surface area contributed by atoms with Gasteiger partial charge < -0.3 is 15.1 Å². The number of quaternary nitrogens is 1. The summed E-state index contributed by atoms with van der Waals surface area (Å²) >= 11 is 0. The fourth-order valence-corrected chi connectivity index (χ4v) is 5.19. The molecule has 0 aliphatic rings. The van der Waals surface area contributed by atoms with Crippen molar-refractivity contribution >= 4 is 13.8 Å². The number of aliphatic hydroxyl groups excluding tert-OH is 2. The van der Waals surface area contributed by atoms with E-state index in [2.05, 4.69) is 19.1 Å². The highest BCUT2D eigenvalue weighted by Gasteiger charge is 2.32. The average Bonchev–Trinajstić information content (AvgIpc) is 2.84. The van der Waals surface area contributed by atoms with Gasteiger partial charge in [0.2, 0.25) is 0 Å². The maximum absolute atomic E-state index is 11.3. The van der Waals surface area contributed by atoms with Gasteiger partial charge in [-0.15, -0.1) is 0 Å². The molecule has 0 spiro atoms. The first-order chi connectivity index (χ1) is 17.6. The van der Waals surface area contributed by atoms with Crippen LogP contribution in [0.3, 0.4) is 0 Å². The minimum atomic E-state index is -2.28. The number of carbonyl (C=O) groups excluding carboxylic acids is 1. The third-order valence-corrected chi connectivity index (χ3v) is 8.28. The lowest BCUT2D eigenvalue weighted by Crippen LogP contribution is -2.43. The predicted molar refractivity (Wildman–Crippen MR) is 156 cm³/mol. The van der Waals surface area contributed by atoms with Gasteiger partial charge in [0.1, 0.15) is 6.10 Å². The van der Waals surface area contributed by atoms with Crippen LogP contribution < -0.4 is 4.89 Å². The number of aliphatic hydroxyl groups is 2.